The Morgan fingerprint density at radius 2 is 2.04 bits per heavy atom. The van der Waals surface area contributed by atoms with Gasteiger partial charge in [0.1, 0.15) is 5.82 Å². The van der Waals surface area contributed by atoms with E-state index in [-0.39, 0.29) is 11.8 Å². The lowest BCUT2D eigenvalue weighted by Crippen LogP contribution is -2.39. The summed E-state index contributed by atoms with van der Waals surface area (Å²) < 4.78 is 5.08. The van der Waals surface area contributed by atoms with Gasteiger partial charge < -0.3 is 14.3 Å². The highest BCUT2D eigenvalue weighted by Gasteiger charge is 2.28. The van der Waals surface area contributed by atoms with Crippen molar-refractivity contribution in [1.82, 2.24) is 20.0 Å². The summed E-state index contributed by atoms with van der Waals surface area (Å²) in [6.07, 6.45) is 6.07. The van der Waals surface area contributed by atoms with Gasteiger partial charge in [-0.25, -0.2) is 4.98 Å². The molecule has 1 unspecified atom stereocenters. The lowest BCUT2D eigenvalue weighted by atomic mass is 9.97. The number of piperidine rings is 1. The molecule has 0 bridgehead atoms. The summed E-state index contributed by atoms with van der Waals surface area (Å²) in [5, 5.41) is 4.02. The van der Waals surface area contributed by atoms with Crippen molar-refractivity contribution in [2.45, 2.75) is 38.5 Å². The van der Waals surface area contributed by atoms with Crippen LogP contribution in [0.5, 0.6) is 0 Å². The van der Waals surface area contributed by atoms with Crippen LogP contribution in [0.1, 0.15) is 53.7 Å². The maximum atomic E-state index is 12.8. The lowest BCUT2D eigenvalue weighted by molar-refractivity contribution is 0.0703. The van der Waals surface area contributed by atoms with Crippen molar-refractivity contribution in [1.29, 1.82) is 0 Å². The topological polar surface area (TPSA) is 75.4 Å². The molecule has 0 saturated carbocycles. The Morgan fingerprint density at radius 3 is 2.72 bits per heavy atom. The summed E-state index contributed by atoms with van der Waals surface area (Å²) in [6.45, 7) is 5.29. The molecule has 7 nitrogen and oxygen atoms in total. The van der Waals surface area contributed by atoms with E-state index < -0.39 is 0 Å². The number of aryl methyl sites for hydroxylation is 1. The molecule has 2 aromatic rings. The van der Waals surface area contributed by atoms with Gasteiger partial charge in [-0.2, -0.15) is 4.98 Å². The molecule has 0 radical (unpaired) electrons. The highest BCUT2D eigenvalue weighted by molar-refractivity contribution is 5.94. The second-order valence-corrected chi connectivity index (χ2v) is 6.86. The molecular weight excluding hydrogens is 318 g/mol. The van der Waals surface area contributed by atoms with Gasteiger partial charge in [-0.3, -0.25) is 4.79 Å². The molecule has 1 amide bonds. The maximum Gasteiger partial charge on any atom is 0.255 e. The van der Waals surface area contributed by atoms with Crippen LogP contribution >= 0.6 is 0 Å². The number of carbonyl (C=O) groups excluding carboxylic acids is 1. The van der Waals surface area contributed by atoms with Crippen LogP contribution < -0.4 is 4.90 Å². The van der Waals surface area contributed by atoms with Gasteiger partial charge in [0.05, 0.1) is 5.56 Å². The molecule has 1 atom stereocenters. The fourth-order valence-electron chi connectivity index (χ4n) is 3.68. The van der Waals surface area contributed by atoms with E-state index in [1.54, 1.807) is 13.1 Å². The van der Waals surface area contributed by atoms with Crippen molar-refractivity contribution in [2.24, 2.45) is 0 Å². The third kappa shape index (κ3) is 3.36. The molecule has 2 fully saturated rings. The Hall–Kier alpha value is -2.44. The van der Waals surface area contributed by atoms with Gasteiger partial charge in [0.25, 0.3) is 5.91 Å². The smallest absolute Gasteiger partial charge is 0.255 e. The van der Waals surface area contributed by atoms with Crippen molar-refractivity contribution in [3.63, 3.8) is 0 Å². The minimum atomic E-state index is 0.0328. The number of anilines is 1. The van der Waals surface area contributed by atoms with E-state index in [2.05, 4.69) is 20.0 Å². The van der Waals surface area contributed by atoms with Gasteiger partial charge >= 0.3 is 0 Å². The number of amides is 1. The molecule has 0 N–H and O–H groups in total. The number of hydrogen-bond donors (Lipinski definition) is 0. The number of aromatic nitrogens is 3. The second kappa shape index (κ2) is 6.82. The largest absolute Gasteiger partial charge is 0.357 e. The van der Waals surface area contributed by atoms with Gasteiger partial charge in [-0.05, 0) is 37.8 Å². The number of hydrogen-bond acceptors (Lipinski definition) is 6. The Balaban J connectivity index is 1.44. The van der Waals surface area contributed by atoms with Crippen molar-refractivity contribution < 1.29 is 9.32 Å². The summed E-state index contributed by atoms with van der Waals surface area (Å²) >= 11 is 0. The highest BCUT2D eigenvalue weighted by Crippen LogP contribution is 2.26. The van der Waals surface area contributed by atoms with E-state index in [9.17, 15) is 4.79 Å². The van der Waals surface area contributed by atoms with Crippen LogP contribution in [-0.2, 0) is 0 Å². The maximum absolute atomic E-state index is 12.8. The molecule has 0 spiro atoms. The molecule has 2 aliphatic heterocycles. The standard InChI is InChI=1S/C18H23N5O2/c1-13-20-17(21-25-13)15-5-4-10-23(12-15)18(24)14-6-7-16(19-11-14)22-8-2-3-9-22/h6-7,11,15H,2-5,8-10,12H2,1H3. The van der Waals surface area contributed by atoms with Crippen molar-refractivity contribution in [2.75, 3.05) is 31.1 Å². The summed E-state index contributed by atoms with van der Waals surface area (Å²) in [6, 6.07) is 3.85. The Kier molecular flexibility index (Phi) is 4.38. The number of likely N-dealkylation sites (tertiary alicyclic amines) is 1. The van der Waals surface area contributed by atoms with Crippen LogP contribution in [0.15, 0.2) is 22.9 Å². The van der Waals surface area contributed by atoms with Crippen molar-refractivity contribution >= 4 is 11.7 Å². The fraction of sp³-hybridized carbons (Fsp3) is 0.556. The SMILES string of the molecule is Cc1nc(C2CCCN(C(=O)c3ccc(N4CCCC4)nc3)C2)no1. The molecular formula is C18H23N5O2. The molecule has 2 aromatic heterocycles. The third-order valence-electron chi connectivity index (χ3n) is 5.04. The zero-order valence-electron chi connectivity index (χ0n) is 14.5. The van der Waals surface area contributed by atoms with E-state index in [0.29, 0.717) is 23.8 Å². The third-order valence-corrected chi connectivity index (χ3v) is 5.04. The van der Waals surface area contributed by atoms with Crippen molar-refractivity contribution in [3.05, 3.63) is 35.6 Å². The molecule has 0 aromatic carbocycles. The quantitative estimate of drug-likeness (QED) is 0.853. The van der Waals surface area contributed by atoms with Crippen LogP contribution in [0.2, 0.25) is 0 Å². The first-order valence-electron chi connectivity index (χ1n) is 9.01. The van der Waals surface area contributed by atoms with E-state index in [1.165, 1.54) is 12.8 Å². The van der Waals surface area contributed by atoms with Gasteiger partial charge in [0, 0.05) is 45.2 Å². The van der Waals surface area contributed by atoms with Crippen LogP contribution in [-0.4, -0.2) is 52.1 Å². The number of pyridine rings is 1. The van der Waals surface area contributed by atoms with Crippen LogP contribution in [0, 0.1) is 6.92 Å². The first-order chi connectivity index (χ1) is 12.2. The number of rotatable bonds is 3. The van der Waals surface area contributed by atoms with Gasteiger partial charge in [-0.1, -0.05) is 5.16 Å². The monoisotopic (exact) mass is 341 g/mol. The molecule has 4 heterocycles. The Bertz CT molecular complexity index is 736. The molecule has 132 valence electrons. The zero-order valence-corrected chi connectivity index (χ0v) is 14.5. The number of carbonyl (C=O) groups is 1. The Morgan fingerprint density at radius 1 is 1.20 bits per heavy atom. The molecule has 2 aliphatic rings. The minimum Gasteiger partial charge on any atom is -0.357 e. The molecule has 7 heteroatoms. The highest BCUT2D eigenvalue weighted by atomic mass is 16.5. The summed E-state index contributed by atoms with van der Waals surface area (Å²) in [7, 11) is 0. The van der Waals surface area contributed by atoms with E-state index in [4.69, 9.17) is 4.52 Å². The average molecular weight is 341 g/mol. The average Bonchev–Trinajstić information content (AvgIpc) is 3.33. The molecule has 4 rings (SSSR count). The van der Waals surface area contributed by atoms with Crippen molar-refractivity contribution in [3.8, 4) is 0 Å². The zero-order chi connectivity index (χ0) is 17.2. The van der Waals surface area contributed by atoms with Crippen LogP contribution in [0.25, 0.3) is 0 Å². The Labute approximate surface area is 147 Å². The van der Waals surface area contributed by atoms with Gasteiger partial charge in [0.2, 0.25) is 5.89 Å². The van der Waals surface area contributed by atoms with Gasteiger partial charge in [-0.15, -0.1) is 0 Å². The van der Waals surface area contributed by atoms with E-state index in [0.717, 1.165) is 38.3 Å². The first-order valence-corrected chi connectivity index (χ1v) is 9.01. The predicted octanol–water partition coefficient (Wildman–Crippen LogP) is 2.39. The molecule has 25 heavy (non-hydrogen) atoms. The number of nitrogens with zero attached hydrogens (tertiary/aromatic N) is 5. The fourth-order valence-corrected chi connectivity index (χ4v) is 3.68. The van der Waals surface area contributed by atoms with Crippen LogP contribution in [0.4, 0.5) is 5.82 Å². The summed E-state index contributed by atoms with van der Waals surface area (Å²) in [4.78, 5) is 25.8. The van der Waals surface area contributed by atoms with E-state index in [1.807, 2.05) is 17.0 Å². The van der Waals surface area contributed by atoms with E-state index >= 15 is 0 Å². The second-order valence-electron chi connectivity index (χ2n) is 6.86. The van der Waals surface area contributed by atoms with Gasteiger partial charge in [0.15, 0.2) is 5.82 Å². The first kappa shape index (κ1) is 16.1. The summed E-state index contributed by atoms with van der Waals surface area (Å²) in [5.41, 5.74) is 0.646. The lowest BCUT2D eigenvalue weighted by Gasteiger charge is -2.31. The summed E-state index contributed by atoms with van der Waals surface area (Å²) in [5.74, 6) is 2.42. The molecule has 0 aliphatic carbocycles. The normalized spacial score (nSPS) is 20.9. The predicted molar refractivity (Wildman–Crippen MR) is 92.6 cm³/mol. The van der Waals surface area contributed by atoms with Crippen LogP contribution in [0.3, 0.4) is 0 Å². The minimum absolute atomic E-state index is 0.0328. The molecule has 2 saturated heterocycles.